The summed E-state index contributed by atoms with van der Waals surface area (Å²) in [6.45, 7) is 8.19. The van der Waals surface area contributed by atoms with Gasteiger partial charge in [0.2, 0.25) is 0 Å². The van der Waals surface area contributed by atoms with Crippen LogP contribution in [0, 0.1) is 12.7 Å². The van der Waals surface area contributed by atoms with Crippen molar-refractivity contribution >= 4 is 33.7 Å². The number of hydrogen-bond donors (Lipinski definition) is 1. The zero-order valence-corrected chi connectivity index (χ0v) is 20.9. The zero-order valence-electron chi connectivity index (χ0n) is 20.9. The molecule has 2 aromatic carbocycles. The summed E-state index contributed by atoms with van der Waals surface area (Å²) < 4.78 is 25.7. The molecule has 0 unspecified atom stereocenters. The summed E-state index contributed by atoms with van der Waals surface area (Å²) >= 11 is 0. The number of fused-ring (bicyclic) bond motifs is 1. The summed E-state index contributed by atoms with van der Waals surface area (Å²) in [7, 11) is 0. The highest BCUT2D eigenvalue weighted by atomic mass is 19.1. The van der Waals surface area contributed by atoms with E-state index in [9.17, 15) is 4.39 Å². The highest BCUT2D eigenvalue weighted by Gasteiger charge is 2.21. The lowest BCUT2D eigenvalue weighted by atomic mass is 10.0. The number of nitrogens with zero attached hydrogens (tertiary/aromatic N) is 4. The van der Waals surface area contributed by atoms with E-state index in [1.807, 2.05) is 25.3 Å². The number of ether oxygens (including phenoxy) is 2. The van der Waals surface area contributed by atoms with Gasteiger partial charge in [-0.15, -0.1) is 0 Å². The highest BCUT2D eigenvalue weighted by molar-refractivity contribution is 5.99. The third-order valence-electron chi connectivity index (χ3n) is 7.09. The summed E-state index contributed by atoms with van der Waals surface area (Å²) in [5, 5.41) is 4.48. The first-order valence-corrected chi connectivity index (χ1v) is 12.7. The second-order valence-electron chi connectivity index (χ2n) is 9.39. The Morgan fingerprint density at radius 2 is 1.65 bits per heavy atom. The monoisotopic (exact) mass is 499 g/mol. The predicted octanol–water partition coefficient (Wildman–Crippen LogP) is 5.16. The van der Waals surface area contributed by atoms with E-state index in [0.29, 0.717) is 13.2 Å². The first-order chi connectivity index (χ1) is 18.2. The first-order valence-electron chi connectivity index (χ1n) is 12.7. The lowest BCUT2D eigenvalue weighted by Gasteiger charge is -2.33. The van der Waals surface area contributed by atoms with Gasteiger partial charge in [0.05, 0.1) is 54.7 Å². The van der Waals surface area contributed by atoms with Crippen LogP contribution in [0.4, 0.5) is 27.1 Å². The summed E-state index contributed by atoms with van der Waals surface area (Å²) in [6, 6.07) is 15.2. The van der Waals surface area contributed by atoms with Crippen LogP contribution in [-0.2, 0) is 9.47 Å². The smallest absolute Gasteiger partial charge is 0.124 e. The maximum Gasteiger partial charge on any atom is 0.124 e. The van der Waals surface area contributed by atoms with Gasteiger partial charge in [0.15, 0.2) is 0 Å². The average molecular weight is 500 g/mol. The van der Waals surface area contributed by atoms with Crippen LogP contribution in [0.1, 0.15) is 5.56 Å². The molecule has 6 rings (SSSR count). The Bertz CT molecular complexity index is 1400. The van der Waals surface area contributed by atoms with Crippen molar-refractivity contribution in [3.8, 4) is 11.3 Å². The van der Waals surface area contributed by atoms with Crippen molar-refractivity contribution in [3.05, 3.63) is 72.3 Å². The maximum absolute atomic E-state index is 14.5. The molecule has 2 aromatic heterocycles. The third-order valence-corrected chi connectivity index (χ3v) is 7.09. The molecule has 0 spiro atoms. The molecule has 2 fully saturated rings. The van der Waals surface area contributed by atoms with Crippen molar-refractivity contribution in [2.24, 2.45) is 0 Å². The Labute approximate surface area is 215 Å². The Hall–Kier alpha value is -3.75. The van der Waals surface area contributed by atoms with Gasteiger partial charge >= 0.3 is 0 Å². The van der Waals surface area contributed by atoms with E-state index in [2.05, 4.69) is 38.3 Å². The molecule has 0 bridgehead atoms. The standard InChI is InChI=1S/C29H30FN5O2/c1-20-28(21-3-2-8-31-19-21)32-25-6-4-22(30)17-24(25)29(20)33-26-18-23(34-9-13-36-14-10-34)5-7-27(26)35-11-15-37-16-12-35/h2-8,17-19H,9-16H2,1H3,(H,32,33). The minimum Gasteiger partial charge on any atom is -0.378 e. The first kappa shape index (κ1) is 23.6. The average Bonchev–Trinajstić information content (AvgIpc) is 2.96. The number of pyridine rings is 2. The fourth-order valence-corrected chi connectivity index (χ4v) is 5.13. The Kier molecular flexibility index (Phi) is 6.59. The van der Waals surface area contributed by atoms with Crippen molar-refractivity contribution in [1.82, 2.24) is 9.97 Å². The second-order valence-corrected chi connectivity index (χ2v) is 9.39. The van der Waals surface area contributed by atoms with Crippen molar-refractivity contribution in [2.75, 3.05) is 67.7 Å². The summed E-state index contributed by atoms with van der Waals surface area (Å²) in [6.07, 6.45) is 3.56. The van der Waals surface area contributed by atoms with Gasteiger partial charge in [-0.3, -0.25) is 4.98 Å². The molecule has 0 aliphatic carbocycles. The molecule has 2 aliphatic rings. The number of benzene rings is 2. The fraction of sp³-hybridized carbons (Fsp3) is 0.310. The molecule has 0 saturated carbocycles. The van der Waals surface area contributed by atoms with Crippen LogP contribution in [0.5, 0.6) is 0 Å². The molecule has 2 saturated heterocycles. The van der Waals surface area contributed by atoms with E-state index in [-0.39, 0.29) is 5.82 Å². The molecule has 4 aromatic rings. The predicted molar refractivity (Wildman–Crippen MR) is 145 cm³/mol. The lowest BCUT2D eigenvalue weighted by molar-refractivity contribution is 0.122. The van der Waals surface area contributed by atoms with E-state index in [1.165, 1.54) is 6.07 Å². The molecule has 0 radical (unpaired) electrons. The molecular weight excluding hydrogens is 469 g/mol. The summed E-state index contributed by atoms with van der Waals surface area (Å²) in [5.41, 5.74) is 7.47. The largest absolute Gasteiger partial charge is 0.378 e. The molecule has 190 valence electrons. The summed E-state index contributed by atoms with van der Waals surface area (Å²) in [5.74, 6) is -0.290. The molecule has 1 N–H and O–H groups in total. The van der Waals surface area contributed by atoms with Gasteiger partial charge in [-0.1, -0.05) is 0 Å². The number of aromatic nitrogens is 2. The quantitative estimate of drug-likeness (QED) is 0.407. The van der Waals surface area contributed by atoms with E-state index in [1.54, 1.807) is 18.3 Å². The highest BCUT2D eigenvalue weighted by Crippen LogP contribution is 2.39. The van der Waals surface area contributed by atoms with Gasteiger partial charge in [-0.25, -0.2) is 9.37 Å². The number of morpholine rings is 2. The van der Waals surface area contributed by atoms with Crippen LogP contribution in [-0.4, -0.2) is 62.6 Å². The van der Waals surface area contributed by atoms with Crippen LogP contribution in [0.15, 0.2) is 60.9 Å². The van der Waals surface area contributed by atoms with E-state index in [4.69, 9.17) is 14.5 Å². The number of halogens is 1. The maximum atomic E-state index is 14.5. The molecule has 37 heavy (non-hydrogen) atoms. The van der Waals surface area contributed by atoms with E-state index in [0.717, 1.165) is 89.9 Å². The lowest BCUT2D eigenvalue weighted by Crippen LogP contribution is -2.37. The van der Waals surface area contributed by atoms with Crippen molar-refractivity contribution in [3.63, 3.8) is 0 Å². The van der Waals surface area contributed by atoms with Gasteiger partial charge in [0.1, 0.15) is 5.82 Å². The molecule has 0 atom stereocenters. The van der Waals surface area contributed by atoms with Crippen molar-refractivity contribution in [1.29, 1.82) is 0 Å². The normalized spacial score (nSPS) is 16.3. The minimum atomic E-state index is -0.290. The molecule has 8 heteroatoms. The van der Waals surface area contributed by atoms with Gasteiger partial charge in [-0.05, 0) is 61.0 Å². The van der Waals surface area contributed by atoms with Gasteiger partial charge in [0, 0.05) is 55.2 Å². The minimum absolute atomic E-state index is 0.290. The number of anilines is 4. The van der Waals surface area contributed by atoms with Crippen molar-refractivity contribution in [2.45, 2.75) is 6.92 Å². The van der Waals surface area contributed by atoms with Gasteiger partial charge in [-0.2, -0.15) is 0 Å². The van der Waals surface area contributed by atoms with Gasteiger partial charge in [0.25, 0.3) is 0 Å². The molecular formula is C29H30FN5O2. The van der Waals surface area contributed by atoms with Crippen LogP contribution in [0.3, 0.4) is 0 Å². The Morgan fingerprint density at radius 3 is 2.38 bits per heavy atom. The molecule has 2 aliphatic heterocycles. The number of rotatable bonds is 5. The van der Waals surface area contributed by atoms with Crippen molar-refractivity contribution < 1.29 is 13.9 Å². The number of nitrogens with one attached hydrogen (secondary N) is 1. The second kappa shape index (κ2) is 10.3. The fourth-order valence-electron chi connectivity index (χ4n) is 5.13. The molecule has 7 nitrogen and oxygen atoms in total. The zero-order chi connectivity index (χ0) is 25.2. The Balaban J connectivity index is 1.50. The Morgan fingerprint density at radius 1 is 0.892 bits per heavy atom. The third kappa shape index (κ3) is 4.82. The number of hydrogen-bond acceptors (Lipinski definition) is 7. The van der Waals surface area contributed by atoms with Crippen LogP contribution in [0.25, 0.3) is 22.2 Å². The molecule has 4 heterocycles. The van der Waals surface area contributed by atoms with Crippen LogP contribution in [0.2, 0.25) is 0 Å². The SMILES string of the molecule is Cc1c(-c2cccnc2)nc2ccc(F)cc2c1Nc1cc(N2CCOCC2)ccc1N1CCOCC1. The van der Waals surface area contributed by atoms with Gasteiger partial charge < -0.3 is 24.6 Å². The van der Waals surface area contributed by atoms with E-state index >= 15 is 0 Å². The summed E-state index contributed by atoms with van der Waals surface area (Å²) in [4.78, 5) is 13.9. The van der Waals surface area contributed by atoms with E-state index < -0.39 is 0 Å². The van der Waals surface area contributed by atoms with Crippen LogP contribution < -0.4 is 15.1 Å². The van der Waals surface area contributed by atoms with Crippen LogP contribution >= 0.6 is 0 Å². The topological polar surface area (TPSA) is 62.8 Å². The molecule has 0 amide bonds.